The molecule has 3 rings (SSSR count). The van der Waals surface area contributed by atoms with Crippen LogP contribution in [0.15, 0.2) is 66.7 Å². The third kappa shape index (κ3) is 6.14. The topological polar surface area (TPSA) is 77.8 Å². The summed E-state index contributed by atoms with van der Waals surface area (Å²) >= 11 is 0. The Morgan fingerprint density at radius 1 is 0.939 bits per heavy atom. The molecule has 3 aromatic carbocycles. The van der Waals surface area contributed by atoms with E-state index in [0.29, 0.717) is 33.9 Å². The fourth-order valence-corrected chi connectivity index (χ4v) is 3.21. The van der Waals surface area contributed by atoms with E-state index in [0.717, 1.165) is 12.0 Å². The molecule has 0 unspecified atom stereocenters. The summed E-state index contributed by atoms with van der Waals surface area (Å²) in [7, 11) is 3.04. The minimum atomic E-state index is -0.551. The Bertz CT molecular complexity index is 1190. The van der Waals surface area contributed by atoms with E-state index in [2.05, 4.69) is 13.0 Å². The second kappa shape index (κ2) is 11.4. The molecule has 0 aliphatic heterocycles. The average molecular weight is 443 g/mol. The van der Waals surface area contributed by atoms with Crippen molar-refractivity contribution in [2.75, 3.05) is 20.8 Å². The van der Waals surface area contributed by atoms with Crippen LogP contribution in [0.1, 0.15) is 23.6 Å². The first kappa shape index (κ1) is 23.4. The first-order valence-corrected chi connectivity index (χ1v) is 10.4. The van der Waals surface area contributed by atoms with E-state index in [9.17, 15) is 10.1 Å². The van der Waals surface area contributed by atoms with Gasteiger partial charge in [0, 0.05) is 5.56 Å². The van der Waals surface area contributed by atoms with Crippen molar-refractivity contribution >= 4 is 17.6 Å². The lowest BCUT2D eigenvalue weighted by atomic mass is 10.0. The minimum Gasteiger partial charge on any atom is -0.496 e. The molecule has 0 atom stereocenters. The summed E-state index contributed by atoms with van der Waals surface area (Å²) in [4.78, 5) is 12.3. The van der Waals surface area contributed by atoms with Gasteiger partial charge in [-0.2, -0.15) is 5.26 Å². The van der Waals surface area contributed by atoms with Crippen molar-refractivity contribution < 1.29 is 23.7 Å². The number of methoxy groups -OCH3 is 2. The summed E-state index contributed by atoms with van der Waals surface area (Å²) in [6.45, 7) is 1.82. The highest BCUT2D eigenvalue weighted by molar-refractivity contribution is 5.92. The lowest BCUT2D eigenvalue weighted by molar-refractivity contribution is -0.136. The predicted octanol–water partition coefficient (Wildman–Crippen LogP) is 5.31. The molecule has 0 aliphatic carbocycles. The van der Waals surface area contributed by atoms with Crippen LogP contribution < -0.4 is 18.9 Å². The number of esters is 1. The van der Waals surface area contributed by atoms with Crippen LogP contribution in [0.5, 0.6) is 23.0 Å². The van der Waals surface area contributed by atoms with Crippen LogP contribution in [-0.4, -0.2) is 26.8 Å². The van der Waals surface area contributed by atoms with Gasteiger partial charge in [0.15, 0.2) is 18.1 Å². The molecule has 0 heterocycles. The van der Waals surface area contributed by atoms with Crippen molar-refractivity contribution in [2.24, 2.45) is 0 Å². The minimum absolute atomic E-state index is 0.232. The van der Waals surface area contributed by atoms with Crippen LogP contribution in [0.3, 0.4) is 0 Å². The van der Waals surface area contributed by atoms with E-state index in [1.807, 2.05) is 36.4 Å². The summed E-state index contributed by atoms with van der Waals surface area (Å²) in [6.07, 6.45) is 2.60. The van der Waals surface area contributed by atoms with E-state index in [1.54, 1.807) is 43.5 Å². The summed E-state index contributed by atoms with van der Waals surface area (Å²) in [5.41, 5.74) is 2.95. The van der Waals surface area contributed by atoms with Crippen molar-refractivity contribution in [1.82, 2.24) is 0 Å². The van der Waals surface area contributed by atoms with E-state index in [4.69, 9.17) is 18.9 Å². The Balaban J connectivity index is 1.74. The molecule has 0 saturated heterocycles. The van der Waals surface area contributed by atoms with Crippen molar-refractivity contribution in [3.63, 3.8) is 0 Å². The van der Waals surface area contributed by atoms with Gasteiger partial charge in [-0.25, -0.2) is 4.79 Å². The number of ether oxygens (including phenoxy) is 4. The standard InChI is InChI=1S/C27H25NO5/c1-4-19-8-7-9-22(15-19)32-18-27(29)33-25-13-12-20(16-26(25)31-3)14-21(17-28)23-10-5-6-11-24(23)30-2/h5-16H,4,18H2,1-3H3/b21-14-. The molecule has 3 aromatic rings. The summed E-state index contributed by atoms with van der Waals surface area (Å²) in [6, 6.07) is 22.1. The zero-order valence-electron chi connectivity index (χ0n) is 18.8. The Hall–Kier alpha value is -4.24. The average Bonchev–Trinajstić information content (AvgIpc) is 2.86. The maximum absolute atomic E-state index is 12.3. The zero-order chi connectivity index (χ0) is 23.6. The molecule has 0 saturated carbocycles. The summed E-state index contributed by atoms with van der Waals surface area (Å²) in [5, 5.41) is 9.66. The van der Waals surface area contributed by atoms with Gasteiger partial charge in [0.05, 0.1) is 25.9 Å². The fraction of sp³-hybridized carbons (Fsp3) is 0.185. The lowest BCUT2D eigenvalue weighted by Gasteiger charge is -2.11. The van der Waals surface area contributed by atoms with Gasteiger partial charge in [-0.1, -0.05) is 37.3 Å². The highest BCUT2D eigenvalue weighted by Crippen LogP contribution is 2.31. The maximum atomic E-state index is 12.3. The Morgan fingerprint density at radius 2 is 1.73 bits per heavy atom. The first-order valence-electron chi connectivity index (χ1n) is 10.4. The molecular weight excluding hydrogens is 418 g/mol. The number of para-hydroxylation sites is 1. The molecule has 0 fully saturated rings. The molecule has 6 nitrogen and oxygen atoms in total. The Labute approximate surface area is 193 Å². The number of carbonyl (C=O) groups excluding carboxylic acids is 1. The van der Waals surface area contributed by atoms with Crippen molar-refractivity contribution in [3.05, 3.63) is 83.4 Å². The maximum Gasteiger partial charge on any atom is 0.349 e. The lowest BCUT2D eigenvalue weighted by Crippen LogP contribution is -2.18. The van der Waals surface area contributed by atoms with E-state index < -0.39 is 5.97 Å². The molecule has 0 aliphatic rings. The second-order valence-corrected chi connectivity index (χ2v) is 7.04. The predicted molar refractivity (Wildman–Crippen MR) is 126 cm³/mol. The third-order valence-electron chi connectivity index (χ3n) is 4.90. The van der Waals surface area contributed by atoms with Crippen molar-refractivity contribution in [2.45, 2.75) is 13.3 Å². The van der Waals surface area contributed by atoms with Crippen molar-refractivity contribution in [1.29, 1.82) is 5.26 Å². The van der Waals surface area contributed by atoms with Crippen LogP contribution in [0.2, 0.25) is 0 Å². The number of nitriles is 1. The highest BCUT2D eigenvalue weighted by Gasteiger charge is 2.13. The van der Waals surface area contributed by atoms with Gasteiger partial charge in [0.1, 0.15) is 11.5 Å². The fourth-order valence-electron chi connectivity index (χ4n) is 3.21. The van der Waals surface area contributed by atoms with E-state index in [1.165, 1.54) is 7.11 Å². The van der Waals surface area contributed by atoms with Crippen LogP contribution in [0.25, 0.3) is 11.6 Å². The second-order valence-electron chi connectivity index (χ2n) is 7.04. The molecule has 168 valence electrons. The number of benzene rings is 3. The number of hydrogen-bond acceptors (Lipinski definition) is 6. The molecule has 0 aromatic heterocycles. The first-order chi connectivity index (χ1) is 16.1. The SMILES string of the molecule is CCc1cccc(OCC(=O)Oc2ccc(/C=C(/C#N)c3ccccc3OC)cc2OC)c1. The smallest absolute Gasteiger partial charge is 0.349 e. The number of rotatable bonds is 9. The van der Waals surface area contributed by atoms with Crippen LogP contribution in [0.4, 0.5) is 0 Å². The van der Waals surface area contributed by atoms with Gasteiger partial charge in [-0.15, -0.1) is 0 Å². The van der Waals surface area contributed by atoms with Gasteiger partial charge in [0.25, 0.3) is 0 Å². The highest BCUT2D eigenvalue weighted by atomic mass is 16.6. The van der Waals surface area contributed by atoms with Crippen LogP contribution in [0, 0.1) is 11.3 Å². The van der Waals surface area contributed by atoms with Gasteiger partial charge in [-0.05, 0) is 60.0 Å². The quantitative estimate of drug-likeness (QED) is 0.193. The van der Waals surface area contributed by atoms with Gasteiger partial charge < -0.3 is 18.9 Å². The van der Waals surface area contributed by atoms with Gasteiger partial charge >= 0.3 is 5.97 Å². The molecule has 0 spiro atoms. The number of allylic oxidation sites excluding steroid dienone is 1. The Morgan fingerprint density at radius 3 is 2.45 bits per heavy atom. The normalized spacial score (nSPS) is 10.8. The van der Waals surface area contributed by atoms with Crippen LogP contribution in [-0.2, 0) is 11.2 Å². The number of aryl methyl sites for hydroxylation is 1. The van der Waals surface area contributed by atoms with E-state index >= 15 is 0 Å². The number of nitrogens with zero attached hydrogens (tertiary/aromatic N) is 1. The molecular formula is C27H25NO5. The summed E-state index contributed by atoms with van der Waals surface area (Å²) in [5.74, 6) is 1.29. The zero-order valence-corrected chi connectivity index (χ0v) is 18.8. The van der Waals surface area contributed by atoms with Gasteiger partial charge in [-0.3, -0.25) is 0 Å². The van der Waals surface area contributed by atoms with Crippen molar-refractivity contribution in [3.8, 4) is 29.1 Å². The molecule has 0 N–H and O–H groups in total. The molecule has 33 heavy (non-hydrogen) atoms. The monoisotopic (exact) mass is 443 g/mol. The molecule has 0 bridgehead atoms. The van der Waals surface area contributed by atoms with E-state index in [-0.39, 0.29) is 12.4 Å². The van der Waals surface area contributed by atoms with Crippen LogP contribution >= 0.6 is 0 Å². The third-order valence-corrected chi connectivity index (χ3v) is 4.90. The van der Waals surface area contributed by atoms with Gasteiger partial charge in [0.2, 0.25) is 0 Å². The largest absolute Gasteiger partial charge is 0.496 e. The number of hydrogen-bond donors (Lipinski definition) is 0. The summed E-state index contributed by atoms with van der Waals surface area (Å²) < 4.78 is 21.7. The Kier molecular flexibility index (Phi) is 8.09. The molecule has 6 heteroatoms. The molecule has 0 amide bonds. The molecule has 0 radical (unpaired) electrons. The number of carbonyl (C=O) groups is 1.